The highest BCUT2D eigenvalue weighted by molar-refractivity contribution is 6.04. The zero-order valence-electron chi connectivity index (χ0n) is 14.4. The van der Waals surface area contributed by atoms with Crippen LogP contribution in [0.5, 0.6) is 5.75 Å². The molecule has 9 heteroatoms. The van der Waals surface area contributed by atoms with Gasteiger partial charge < -0.3 is 15.4 Å². The molecule has 0 bridgehead atoms. The zero-order chi connectivity index (χ0) is 18.7. The lowest BCUT2D eigenvalue weighted by Crippen LogP contribution is -2.41. The number of aromatic nitrogens is 2. The number of benzene rings is 1. The maximum Gasteiger partial charge on any atom is 0.325 e. The van der Waals surface area contributed by atoms with Crippen LogP contribution in [0.3, 0.4) is 0 Å². The third kappa shape index (κ3) is 3.66. The van der Waals surface area contributed by atoms with Gasteiger partial charge in [-0.3, -0.25) is 14.5 Å². The van der Waals surface area contributed by atoms with Crippen molar-refractivity contribution in [3.63, 3.8) is 0 Å². The fourth-order valence-corrected chi connectivity index (χ4v) is 2.57. The Morgan fingerprint density at radius 2 is 2.08 bits per heavy atom. The number of hydrogen-bond donors (Lipinski definition) is 2. The number of amides is 4. The van der Waals surface area contributed by atoms with E-state index in [1.54, 1.807) is 31.1 Å². The first-order valence-corrected chi connectivity index (χ1v) is 8.04. The topological polar surface area (TPSA) is 106 Å². The fourth-order valence-electron chi connectivity index (χ4n) is 2.57. The summed E-state index contributed by atoms with van der Waals surface area (Å²) in [6, 6.07) is 6.53. The van der Waals surface area contributed by atoms with Crippen LogP contribution in [-0.4, -0.2) is 52.7 Å². The second kappa shape index (κ2) is 7.26. The number of urea groups is 1. The summed E-state index contributed by atoms with van der Waals surface area (Å²) in [6.07, 6.45) is 3.46. The Balaban J connectivity index is 1.62. The molecule has 1 aromatic heterocycles. The molecule has 1 atom stereocenters. The average Bonchev–Trinajstić information content (AvgIpc) is 3.24. The molecule has 0 radical (unpaired) electrons. The van der Waals surface area contributed by atoms with E-state index in [0.29, 0.717) is 0 Å². The van der Waals surface area contributed by atoms with E-state index in [1.807, 2.05) is 24.3 Å². The number of ether oxygens (including phenoxy) is 1. The summed E-state index contributed by atoms with van der Waals surface area (Å²) in [5.74, 6) is -0.0764. The summed E-state index contributed by atoms with van der Waals surface area (Å²) in [7, 11) is 1.60. The second-order valence-corrected chi connectivity index (χ2v) is 5.84. The van der Waals surface area contributed by atoms with E-state index in [0.717, 1.165) is 21.9 Å². The van der Waals surface area contributed by atoms with E-state index in [2.05, 4.69) is 15.7 Å². The molecule has 26 heavy (non-hydrogen) atoms. The molecule has 1 aliphatic heterocycles. The lowest BCUT2D eigenvalue weighted by atomic mass is 10.2. The molecule has 4 amide bonds. The van der Waals surface area contributed by atoms with E-state index >= 15 is 0 Å². The number of rotatable bonds is 6. The van der Waals surface area contributed by atoms with E-state index in [-0.39, 0.29) is 19.1 Å². The smallest absolute Gasteiger partial charge is 0.325 e. The minimum atomic E-state index is -0.551. The summed E-state index contributed by atoms with van der Waals surface area (Å²) in [4.78, 5) is 36.0. The first-order chi connectivity index (χ1) is 12.5. The van der Waals surface area contributed by atoms with Gasteiger partial charge in [-0.2, -0.15) is 5.10 Å². The van der Waals surface area contributed by atoms with E-state index in [9.17, 15) is 14.4 Å². The summed E-state index contributed by atoms with van der Waals surface area (Å²) < 4.78 is 6.82. The van der Waals surface area contributed by atoms with Gasteiger partial charge in [0.2, 0.25) is 5.91 Å². The SMILES string of the molecule is COc1ccc(-n2cc(C(C)NC(=O)CN3C(=O)CNC3=O)cn2)cc1. The largest absolute Gasteiger partial charge is 0.497 e. The summed E-state index contributed by atoms with van der Waals surface area (Å²) >= 11 is 0. The Morgan fingerprint density at radius 3 is 2.69 bits per heavy atom. The molecule has 2 heterocycles. The molecule has 3 rings (SSSR count). The van der Waals surface area contributed by atoms with Gasteiger partial charge in [-0.15, -0.1) is 0 Å². The molecule has 0 aliphatic carbocycles. The Labute approximate surface area is 149 Å². The number of methoxy groups -OCH3 is 1. The van der Waals surface area contributed by atoms with Gasteiger partial charge >= 0.3 is 6.03 Å². The molecule has 1 saturated heterocycles. The van der Waals surface area contributed by atoms with Crippen LogP contribution in [0.25, 0.3) is 5.69 Å². The van der Waals surface area contributed by atoms with E-state index < -0.39 is 17.8 Å². The Morgan fingerprint density at radius 1 is 1.35 bits per heavy atom. The highest BCUT2D eigenvalue weighted by Crippen LogP contribution is 2.17. The minimum Gasteiger partial charge on any atom is -0.497 e. The Hall–Kier alpha value is -3.36. The quantitative estimate of drug-likeness (QED) is 0.737. The lowest BCUT2D eigenvalue weighted by molar-refractivity contribution is -0.130. The number of carbonyl (C=O) groups excluding carboxylic acids is 3. The van der Waals surface area contributed by atoms with Gasteiger partial charge in [0, 0.05) is 11.8 Å². The van der Waals surface area contributed by atoms with E-state index in [1.165, 1.54) is 0 Å². The molecule has 0 saturated carbocycles. The molecular weight excluding hydrogens is 338 g/mol. The van der Waals surface area contributed by atoms with Crippen molar-refractivity contribution in [2.45, 2.75) is 13.0 Å². The van der Waals surface area contributed by atoms with Crippen molar-refractivity contribution in [3.05, 3.63) is 42.2 Å². The summed E-state index contributed by atoms with van der Waals surface area (Å²) in [6.45, 7) is 1.43. The van der Waals surface area contributed by atoms with Crippen LogP contribution in [0.4, 0.5) is 4.79 Å². The maximum atomic E-state index is 12.1. The van der Waals surface area contributed by atoms with Crippen molar-refractivity contribution in [3.8, 4) is 11.4 Å². The van der Waals surface area contributed by atoms with Crippen LogP contribution in [0.1, 0.15) is 18.5 Å². The Kier molecular flexibility index (Phi) is 4.87. The predicted molar refractivity (Wildman–Crippen MR) is 91.8 cm³/mol. The highest BCUT2D eigenvalue weighted by atomic mass is 16.5. The molecule has 0 spiro atoms. The van der Waals surface area contributed by atoms with Crippen molar-refractivity contribution in [1.82, 2.24) is 25.3 Å². The third-order valence-electron chi connectivity index (χ3n) is 4.06. The normalized spacial score (nSPS) is 14.9. The minimum absolute atomic E-state index is 0.0731. The van der Waals surface area contributed by atoms with E-state index in [4.69, 9.17) is 4.74 Å². The molecule has 1 aliphatic rings. The number of imide groups is 1. The van der Waals surface area contributed by atoms with Gasteiger partial charge in [-0.05, 0) is 31.2 Å². The molecule has 2 N–H and O–H groups in total. The van der Waals surface area contributed by atoms with Gasteiger partial charge in [0.1, 0.15) is 12.3 Å². The number of hydrogen-bond acceptors (Lipinski definition) is 5. The van der Waals surface area contributed by atoms with Gasteiger partial charge in [-0.25, -0.2) is 9.48 Å². The first kappa shape index (κ1) is 17.5. The predicted octanol–water partition coefficient (Wildman–Crippen LogP) is 0.610. The molecule has 2 aromatic rings. The van der Waals surface area contributed by atoms with Crippen molar-refractivity contribution in [2.75, 3.05) is 20.2 Å². The third-order valence-corrected chi connectivity index (χ3v) is 4.06. The monoisotopic (exact) mass is 357 g/mol. The number of nitrogens with zero attached hydrogens (tertiary/aromatic N) is 3. The standard InChI is InChI=1S/C17H19N5O4/c1-11(20-15(23)10-21-16(24)8-18-17(21)25)12-7-19-22(9-12)13-3-5-14(26-2)6-4-13/h3-7,9,11H,8,10H2,1-2H3,(H,18,25)(H,20,23). The fraction of sp³-hybridized carbons (Fsp3) is 0.294. The molecule has 1 unspecified atom stereocenters. The first-order valence-electron chi connectivity index (χ1n) is 8.04. The average molecular weight is 357 g/mol. The molecular formula is C17H19N5O4. The second-order valence-electron chi connectivity index (χ2n) is 5.84. The summed E-state index contributed by atoms with van der Waals surface area (Å²) in [5, 5.41) is 9.43. The van der Waals surface area contributed by atoms with Gasteiger partial charge in [0.05, 0.1) is 31.6 Å². The molecule has 9 nitrogen and oxygen atoms in total. The molecule has 136 valence electrons. The van der Waals surface area contributed by atoms with Crippen molar-refractivity contribution in [1.29, 1.82) is 0 Å². The molecule has 1 fully saturated rings. The lowest BCUT2D eigenvalue weighted by Gasteiger charge is -2.15. The van der Waals surface area contributed by atoms with Crippen LogP contribution in [0.2, 0.25) is 0 Å². The van der Waals surface area contributed by atoms with Gasteiger partial charge in [0.15, 0.2) is 0 Å². The van der Waals surface area contributed by atoms with Gasteiger partial charge in [0.25, 0.3) is 5.91 Å². The Bertz CT molecular complexity index is 814. The van der Waals surface area contributed by atoms with Crippen LogP contribution in [-0.2, 0) is 9.59 Å². The zero-order valence-corrected chi connectivity index (χ0v) is 14.4. The molecule has 1 aromatic carbocycles. The maximum absolute atomic E-state index is 12.1. The van der Waals surface area contributed by atoms with Crippen LogP contribution in [0.15, 0.2) is 36.7 Å². The number of carbonyl (C=O) groups is 3. The van der Waals surface area contributed by atoms with Crippen LogP contribution < -0.4 is 15.4 Å². The number of nitrogens with one attached hydrogen (secondary N) is 2. The summed E-state index contributed by atoms with van der Waals surface area (Å²) in [5.41, 5.74) is 1.65. The van der Waals surface area contributed by atoms with Crippen LogP contribution in [0, 0.1) is 0 Å². The van der Waals surface area contributed by atoms with Crippen molar-refractivity contribution < 1.29 is 19.1 Å². The van der Waals surface area contributed by atoms with Crippen molar-refractivity contribution >= 4 is 17.8 Å². The van der Waals surface area contributed by atoms with Gasteiger partial charge in [-0.1, -0.05) is 0 Å². The van der Waals surface area contributed by atoms with Crippen molar-refractivity contribution in [2.24, 2.45) is 0 Å². The van der Waals surface area contributed by atoms with Crippen LogP contribution >= 0.6 is 0 Å². The highest BCUT2D eigenvalue weighted by Gasteiger charge is 2.30.